The van der Waals surface area contributed by atoms with Gasteiger partial charge in [0.2, 0.25) is 0 Å². The van der Waals surface area contributed by atoms with E-state index in [9.17, 15) is 0 Å². The minimum absolute atomic E-state index is 0.691. The molecule has 0 saturated carbocycles. The fourth-order valence-corrected chi connectivity index (χ4v) is 4.58. The molecule has 2 fully saturated rings. The van der Waals surface area contributed by atoms with Gasteiger partial charge in [-0.1, -0.05) is 6.07 Å². The van der Waals surface area contributed by atoms with Crippen molar-refractivity contribution < 1.29 is 0 Å². The minimum atomic E-state index is 0.691. The average molecular weight is 350 g/mol. The lowest BCUT2D eigenvalue weighted by molar-refractivity contribution is 0.230. The van der Waals surface area contributed by atoms with E-state index in [1.54, 1.807) is 0 Å². The fourth-order valence-electron chi connectivity index (χ4n) is 4.58. The van der Waals surface area contributed by atoms with Gasteiger partial charge in [-0.05, 0) is 44.5 Å². The van der Waals surface area contributed by atoms with E-state index in [4.69, 9.17) is 9.97 Å². The fraction of sp³-hybridized carbons (Fsp3) is 0.550. The smallest absolute Gasteiger partial charge is 0.180 e. The van der Waals surface area contributed by atoms with E-state index in [1.165, 1.54) is 30.6 Å². The molecule has 26 heavy (non-hydrogen) atoms. The standard InChI is InChI=1S/C20H26N6/c1-2-8-22-18(5-1)19-23-17-7-10-21-9-6-16(17)20(24-19)26-13-12-25-11-3-4-15(25)14-26/h1-2,5,8,15,21H,3-4,6-7,9-14H2/t15-/m0/s1. The van der Waals surface area contributed by atoms with E-state index < -0.39 is 0 Å². The van der Waals surface area contributed by atoms with Crippen LogP contribution >= 0.6 is 0 Å². The lowest BCUT2D eigenvalue weighted by Gasteiger charge is -2.39. The maximum absolute atomic E-state index is 5.04. The summed E-state index contributed by atoms with van der Waals surface area (Å²) in [5.74, 6) is 1.93. The van der Waals surface area contributed by atoms with E-state index in [0.29, 0.717) is 6.04 Å². The number of fused-ring (bicyclic) bond motifs is 2. The van der Waals surface area contributed by atoms with Gasteiger partial charge in [-0.3, -0.25) is 9.88 Å². The predicted molar refractivity (Wildman–Crippen MR) is 102 cm³/mol. The Morgan fingerprint density at radius 3 is 2.92 bits per heavy atom. The minimum Gasteiger partial charge on any atom is -0.353 e. The Kier molecular flexibility index (Phi) is 4.30. The van der Waals surface area contributed by atoms with Crippen molar-refractivity contribution in [1.29, 1.82) is 0 Å². The van der Waals surface area contributed by atoms with Crippen LogP contribution in [0.4, 0.5) is 5.82 Å². The SMILES string of the molecule is c1ccc(-c2nc3c(c(N4CCN5CCC[C@H]5C4)n2)CCNCC3)nc1. The molecule has 0 radical (unpaired) electrons. The number of nitrogens with zero attached hydrogens (tertiary/aromatic N) is 5. The van der Waals surface area contributed by atoms with Crippen molar-refractivity contribution in [3.8, 4) is 11.5 Å². The van der Waals surface area contributed by atoms with Gasteiger partial charge in [-0.25, -0.2) is 9.97 Å². The topological polar surface area (TPSA) is 57.2 Å². The van der Waals surface area contributed by atoms with Crippen molar-refractivity contribution in [3.63, 3.8) is 0 Å². The van der Waals surface area contributed by atoms with Crippen LogP contribution in [0.1, 0.15) is 24.1 Å². The molecule has 0 aromatic carbocycles. The molecule has 1 atom stereocenters. The number of piperazine rings is 1. The molecule has 5 heterocycles. The second-order valence-electron chi connectivity index (χ2n) is 7.54. The maximum Gasteiger partial charge on any atom is 0.180 e. The van der Waals surface area contributed by atoms with E-state index in [0.717, 1.165) is 62.9 Å². The Labute approximate surface area is 154 Å². The van der Waals surface area contributed by atoms with E-state index in [2.05, 4.69) is 20.1 Å². The first kappa shape index (κ1) is 16.1. The second-order valence-corrected chi connectivity index (χ2v) is 7.54. The maximum atomic E-state index is 5.04. The van der Waals surface area contributed by atoms with Crippen LogP contribution in [0.2, 0.25) is 0 Å². The summed E-state index contributed by atoms with van der Waals surface area (Å²) < 4.78 is 0. The number of rotatable bonds is 2. The Morgan fingerprint density at radius 1 is 1.04 bits per heavy atom. The highest BCUT2D eigenvalue weighted by Gasteiger charge is 2.32. The van der Waals surface area contributed by atoms with Crippen LogP contribution in [-0.4, -0.2) is 65.2 Å². The van der Waals surface area contributed by atoms with Gasteiger partial charge < -0.3 is 10.2 Å². The van der Waals surface area contributed by atoms with Crippen LogP contribution in [-0.2, 0) is 12.8 Å². The Morgan fingerprint density at radius 2 is 2.00 bits per heavy atom. The van der Waals surface area contributed by atoms with Crippen LogP contribution in [0.25, 0.3) is 11.5 Å². The normalized spacial score (nSPS) is 23.4. The third kappa shape index (κ3) is 2.97. The van der Waals surface area contributed by atoms with Crippen molar-refractivity contribution in [1.82, 2.24) is 25.2 Å². The van der Waals surface area contributed by atoms with Crippen LogP contribution < -0.4 is 10.2 Å². The zero-order valence-electron chi connectivity index (χ0n) is 15.2. The largest absolute Gasteiger partial charge is 0.353 e. The van der Waals surface area contributed by atoms with Crippen LogP contribution in [0.5, 0.6) is 0 Å². The Balaban J connectivity index is 1.56. The molecule has 6 heteroatoms. The van der Waals surface area contributed by atoms with Gasteiger partial charge in [0.1, 0.15) is 11.5 Å². The van der Waals surface area contributed by atoms with Gasteiger partial charge in [-0.2, -0.15) is 0 Å². The Bertz CT molecular complexity index is 777. The first-order valence-electron chi connectivity index (χ1n) is 9.89. The zero-order chi connectivity index (χ0) is 17.3. The quantitative estimate of drug-likeness (QED) is 0.886. The van der Waals surface area contributed by atoms with Crippen LogP contribution in [0.3, 0.4) is 0 Å². The van der Waals surface area contributed by atoms with Crippen molar-refractivity contribution in [2.24, 2.45) is 0 Å². The summed E-state index contributed by atoms with van der Waals surface area (Å²) in [5, 5.41) is 3.51. The monoisotopic (exact) mass is 350 g/mol. The summed E-state index contributed by atoms with van der Waals surface area (Å²) in [6, 6.07) is 6.65. The van der Waals surface area contributed by atoms with Gasteiger partial charge in [0.15, 0.2) is 5.82 Å². The molecule has 0 spiro atoms. The van der Waals surface area contributed by atoms with Gasteiger partial charge in [-0.15, -0.1) is 0 Å². The molecule has 0 aliphatic carbocycles. The molecule has 0 bridgehead atoms. The summed E-state index contributed by atoms with van der Waals surface area (Å²) >= 11 is 0. The van der Waals surface area contributed by atoms with Gasteiger partial charge >= 0.3 is 0 Å². The zero-order valence-corrected chi connectivity index (χ0v) is 15.2. The number of pyridine rings is 1. The van der Waals surface area contributed by atoms with Crippen LogP contribution in [0.15, 0.2) is 24.4 Å². The van der Waals surface area contributed by atoms with E-state index >= 15 is 0 Å². The molecule has 2 aromatic heterocycles. The summed E-state index contributed by atoms with van der Waals surface area (Å²) in [4.78, 5) is 19.6. The van der Waals surface area contributed by atoms with Gasteiger partial charge in [0.25, 0.3) is 0 Å². The molecule has 0 amide bonds. The molecular formula is C20H26N6. The molecule has 3 aliphatic rings. The molecule has 136 valence electrons. The van der Waals surface area contributed by atoms with Gasteiger partial charge in [0.05, 0.1) is 5.69 Å². The highest BCUT2D eigenvalue weighted by molar-refractivity contribution is 5.58. The van der Waals surface area contributed by atoms with E-state index in [1.807, 2.05) is 24.4 Å². The molecule has 2 aromatic rings. The van der Waals surface area contributed by atoms with Gasteiger partial charge in [0, 0.05) is 50.4 Å². The van der Waals surface area contributed by atoms with E-state index in [-0.39, 0.29) is 0 Å². The molecular weight excluding hydrogens is 324 g/mol. The highest BCUT2D eigenvalue weighted by atomic mass is 15.3. The Hall–Kier alpha value is -2.05. The molecule has 5 rings (SSSR count). The molecule has 1 N–H and O–H groups in total. The number of anilines is 1. The molecule has 6 nitrogen and oxygen atoms in total. The summed E-state index contributed by atoms with van der Waals surface area (Å²) in [6.07, 6.45) is 6.46. The third-order valence-corrected chi connectivity index (χ3v) is 5.94. The second kappa shape index (κ2) is 6.93. The molecule has 3 aliphatic heterocycles. The van der Waals surface area contributed by atoms with Crippen molar-refractivity contribution in [2.45, 2.75) is 31.7 Å². The van der Waals surface area contributed by atoms with Crippen molar-refractivity contribution in [3.05, 3.63) is 35.7 Å². The molecule has 0 unspecified atom stereocenters. The predicted octanol–water partition coefficient (Wildman–Crippen LogP) is 1.51. The average Bonchev–Trinajstić information content (AvgIpc) is 3.03. The lowest BCUT2D eigenvalue weighted by Crippen LogP contribution is -2.50. The van der Waals surface area contributed by atoms with Crippen LogP contribution in [0, 0.1) is 0 Å². The van der Waals surface area contributed by atoms with Crippen molar-refractivity contribution >= 4 is 5.82 Å². The number of nitrogens with one attached hydrogen (secondary N) is 1. The first-order chi connectivity index (χ1) is 12.9. The number of aromatic nitrogens is 3. The third-order valence-electron chi connectivity index (χ3n) is 5.94. The summed E-state index contributed by atoms with van der Waals surface area (Å²) in [7, 11) is 0. The number of hydrogen-bond acceptors (Lipinski definition) is 6. The van der Waals surface area contributed by atoms with Crippen molar-refractivity contribution in [2.75, 3.05) is 44.2 Å². The summed E-state index contributed by atoms with van der Waals surface area (Å²) in [5.41, 5.74) is 3.42. The number of hydrogen-bond donors (Lipinski definition) is 1. The highest BCUT2D eigenvalue weighted by Crippen LogP contribution is 2.30. The first-order valence-corrected chi connectivity index (χ1v) is 9.89. The molecule has 2 saturated heterocycles. The lowest BCUT2D eigenvalue weighted by atomic mass is 10.1. The summed E-state index contributed by atoms with van der Waals surface area (Å²) in [6.45, 7) is 6.58.